The van der Waals surface area contributed by atoms with Gasteiger partial charge in [0.15, 0.2) is 5.65 Å². The molecule has 0 unspecified atom stereocenters. The molecule has 0 bridgehead atoms. The molecular weight excluding hydrogens is 245 g/mol. The second kappa shape index (κ2) is 3.63. The number of nitrogens with one attached hydrogen (secondary N) is 1. The first kappa shape index (κ1) is 9.55. The summed E-state index contributed by atoms with van der Waals surface area (Å²) in [7, 11) is -0.593. The van der Waals surface area contributed by atoms with E-state index in [2.05, 4.69) is 26.1 Å². The maximum absolute atomic E-state index is 9.23. The Balaban J connectivity index is 2.55. The van der Waals surface area contributed by atoms with Crippen LogP contribution >= 0.6 is 15.9 Å². The zero-order chi connectivity index (χ0) is 10.1. The number of hydrogen-bond acceptors (Lipinski definition) is 3. The Bertz CT molecular complexity index is 457. The summed E-state index contributed by atoms with van der Waals surface area (Å²) in [5.74, 6) is 0. The van der Waals surface area contributed by atoms with Gasteiger partial charge in [0.1, 0.15) is 0 Å². The Morgan fingerprint density at radius 2 is 2.43 bits per heavy atom. The lowest BCUT2D eigenvalue weighted by atomic mass is 9.88. The van der Waals surface area contributed by atoms with E-state index >= 15 is 0 Å². The highest BCUT2D eigenvalue weighted by molar-refractivity contribution is 9.10. The summed E-state index contributed by atoms with van der Waals surface area (Å²) in [5, 5.41) is 12.1. The van der Waals surface area contributed by atoms with Gasteiger partial charge in [-0.1, -0.05) is 0 Å². The number of pyridine rings is 1. The van der Waals surface area contributed by atoms with Crippen LogP contribution < -0.4 is 5.23 Å². The van der Waals surface area contributed by atoms with E-state index in [1.54, 1.807) is 13.0 Å². The first-order valence-electron chi connectivity index (χ1n) is 4.23. The highest BCUT2D eigenvalue weighted by Crippen LogP contribution is 2.21. The Morgan fingerprint density at radius 1 is 1.64 bits per heavy atom. The monoisotopic (exact) mass is 253 g/mol. The molecule has 0 amide bonds. The predicted octanol–water partition coefficient (Wildman–Crippen LogP) is 1.62. The smallest absolute Gasteiger partial charge is 0.406 e. The number of aromatic nitrogens is 2. The van der Waals surface area contributed by atoms with Crippen molar-refractivity contribution in [2.45, 2.75) is 6.82 Å². The van der Waals surface area contributed by atoms with Crippen molar-refractivity contribution < 1.29 is 5.02 Å². The van der Waals surface area contributed by atoms with E-state index in [1.807, 2.05) is 22.9 Å². The first-order valence-corrected chi connectivity index (χ1v) is 5.03. The average molecular weight is 254 g/mol. The van der Waals surface area contributed by atoms with Crippen LogP contribution in [0.15, 0.2) is 29.1 Å². The molecule has 0 atom stereocenters. The molecule has 2 rings (SSSR count). The number of fused-ring (bicyclic) bond motifs is 1. The molecular formula is C8H9BBrN3O. The van der Waals surface area contributed by atoms with E-state index in [0.29, 0.717) is 0 Å². The molecule has 4 nitrogen and oxygen atoms in total. The van der Waals surface area contributed by atoms with Gasteiger partial charge in [0.2, 0.25) is 0 Å². The Hall–Kier alpha value is -1.01. The van der Waals surface area contributed by atoms with E-state index in [0.717, 1.165) is 15.8 Å². The molecule has 2 heterocycles. The van der Waals surface area contributed by atoms with Crippen LogP contribution in [0, 0.1) is 0 Å². The van der Waals surface area contributed by atoms with E-state index < -0.39 is 7.05 Å². The lowest BCUT2D eigenvalue weighted by molar-refractivity contribution is 0.587. The number of hydrogen-bond donors (Lipinski definition) is 2. The van der Waals surface area contributed by atoms with E-state index in [9.17, 15) is 5.02 Å². The molecule has 0 saturated carbocycles. The van der Waals surface area contributed by atoms with Gasteiger partial charge >= 0.3 is 7.05 Å². The number of anilines is 1. The van der Waals surface area contributed by atoms with Crippen LogP contribution in [0.3, 0.4) is 0 Å². The lowest BCUT2D eigenvalue weighted by Crippen LogP contribution is -2.20. The Morgan fingerprint density at radius 3 is 3.14 bits per heavy atom. The van der Waals surface area contributed by atoms with Crippen molar-refractivity contribution in [1.29, 1.82) is 0 Å². The second-order valence-corrected chi connectivity index (χ2v) is 3.97. The van der Waals surface area contributed by atoms with Gasteiger partial charge in [-0.2, -0.15) is 0 Å². The summed E-state index contributed by atoms with van der Waals surface area (Å²) < 4.78 is 2.82. The van der Waals surface area contributed by atoms with Gasteiger partial charge in [0, 0.05) is 23.1 Å². The summed E-state index contributed by atoms with van der Waals surface area (Å²) in [6.45, 7) is 1.67. The molecule has 72 valence electrons. The third kappa shape index (κ3) is 1.76. The van der Waals surface area contributed by atoms with Gasteiger partial charge in [-0.05, 0) is 28.8 Å². The molecule has 0 aliphatic carbocycles. The molecule has 0 aliphatic heterocycles. The van der Waals surface area contributed by atoms with Crippen LogP contribution in [-0.2, 0) is 0 Å². The topological polar surface area (TPSA) is 49.6 Å². The highest BCUT2D eigenvalue weighted by Gasteiger charge is 2.08. The number of rotatable bonds is 2. The SMILES string of the molecule is CB(O)Nc1cc(Br)cn2ccnc12. The largest absolute Gasteiger partial charge is 0.433 e. The van der Waals surface area contributed by atoms with Gasteiger partial charge in [0.05, 0.1) is 5.69 Å². The van der Waals surface area contributed by atoms with Gasteiger partial charge in [0.25, 0.3) is 0 Å². The van der Waals surface area contributed by atoms with Crippen molar-refractivity contribution in [3.8, 4) is 0 Å². The third-order valence-corrected chi connectivity index (χ3v) is 2.25. The van der Waals surface area contributed by atoms with Crippen molar-refractivity contribution in [2.24, 2.45) is 0 Å². The fraction of sp³-hybridized carbons (Fsp3) is 0.125. The van der Waals surface area contributed by atoms with Crippen LogP contribution in [0.25, 0.3) is 5.65 Å². The first-order chi connectivity index (χ1) is 6.66. The fourth-order valence-corrected chi connectivity index (χ4v) is 1.78. The zero-order valence-corrected chi connectivity index (χ0v) is 9.19. The van der Waals surface area contributed by atoms with E-state index in [4.69, 9.17) is 0 Å². The standard InChI is InChI=1S/C8H9BBrN3O/c1-9(14)12-7-4-6(10)5-13-3-2-11-8(7)13/h2-5,12,14H,1H3. The molecule has 0 saturated heterocycles. The van der Waals surface area contributed by atoms with Gasteiger partial charge in [-0.3, -0.25) is 0 Å². The van der Waals surface area contributed by atoms with Gasteiger partial charge in [-0.25, -0.2) is 4.98 Å². The molecule has 2 aromatic heterocycles. The number of imidazole rings is 1. The normalized spacial score (nSPS) is 10.5. The lowest BCUT2D eigenvalue weighted by Gasteiger charge is -2.08. The Kier molecular flexibility index (Phi) is 2.47. The average Bonchev–Trinajstić information content (AvgIpc) is 2.50. The second-order valence-electron chi connectivity index (χ2n) is 3.05. The zero-order valence-electron chi connectivity index (χ0n) is 7.61. The highest BCUT2D eigenvalue weighted by atomic mass is 79.9. The summed E-state index contributed by atoms with van der Waals surface area (Å²) in [6, 6.07) is 1.88. The van der Waals surface area contributed by atoms with E-state index in [-0.39, 0.29) is 0 Å². The van der Waals surface area contributed by atoms with Crippen molar-refractivity contribution in [1.82, 2.24) is 9.38 Å². The molecule has 0 aliphatic rings. The van der Waals surface area contributed by atoms with Crippen molar-refractivity contribution in [3.63, 3.8) is 0 Å². The maximum Gasteiger partial charge on any atom is 0.406 e. The van der Waals surface area contributed by atoms with Crippen LogP contribution in [0.1, 0.15) is 0 Å². The van der Waals surface area contributed by atoms with Crippen molar-refractivity contribution in [3.05, 3.63) is 29.1 Å². The Labute approximate surface area is 90.2 Å². The molecule has 0 radical (unpaired) electrons. The molecule has 2 aromatic rings. The summed E-state index contributed by atoms with van der Waals surface area (Å²) in [5.41, 5.74) is 1.61. The van der Waals surface area contributed by atoms with Crippen LogP contribution in [-0.4, -0.2) is 21.5 Å². The molecule has 0 spiro atoms. The predicted molar refractivity (Wildman–Crippen MR) is 60.4 cm³/mol. The minimum atomic E-state index is -0.593. The molecule has 0 fully saturated rings. The van der Waals surface area contributed by atoms with Crippen molar-refractivity contribution in [2.75, 3.05) is 5.23 Å². The van der Waals surface area contributed by atoms with Crippen LogP contribution in [0.2, 0.25) is 6.82 Å². The summed E-state index contributed by atoms with van der Waals surface area (Å²) in [4.78, 5) is 4.18. The van der Waals surface area contributed by atoms with Gasteiger partial charge in [-0.15, -0.1) is 0 Å². The quantitative estimate of drug-likeness (QED) is 0.800. The van der Waals surface area contributed by atoms with Crippen molar-refractivity contribution >= 4 is 34.3 Å². The number of nitrogens with zero attached hydrogens (tertiary/aromatic N) is 2. The van der Waals surface area contributed by atoms with E-state index in [1.165, 1.54) is 0 Å². The molecule has 2 N–H and O–H groups in total. The fourth-order valence-electron chi connectivity index (χ4n) is 1.33. The van der Waals surface area contributed by atoms with Gasteiger partial charge < -0.3 is 14.7 Å². The van der Waals surface area contributed by atoms with Crippen LogP contribution in [0.4, 0.5) is 5.69 Å². The minimum absolute atomic E-state index is 0.593. The minimum Gasteiger partial charge on any atom is -0.433 e. The third-order valence-electron chi connectivity index (χ3n) is 1.82. The molecule has 6 heteroatoms. The molecule has 0 aromatic carbocycles. The molecule has 14 heavy (non-hydrogen) atoms. The van der Waals surface area contributed by atoms with Crippen LogP contribution in [0.5, 0.6) is 0 Å². The number of halogens is 1. The summed E-state index contributed by atoms with van der Waals surface area (Å²) in [6.07, 6.45) is 5.48. The maximum atomic E-state index is 9.23. The summed E-state index contributed by atoms with van der Waals surface area (Å²) >= 11 is 3.39.